The van der Waals surface area contributed by atoms with E-state index in [1.54, 1.807) is 0 Å². The lowest BCUT2D eigenvalue weighted by Crippen LogP contribution is -2.38. The fourth-order valence-corrected chi connectivity index (χ4v) is 1.68. The second kappa shape index (κ2) is 3.19. The van der Waals surface area contributed by atoms with Crippen molar-refractivity contribution in [2.24, 2.45) is 5.41 Å². The fourth-order valence-electron chi connectivity index (χ4n) is 1.68. The van der Waals surface area contributed by atoms with Crippen molar-refractivity contribution in [1.29, 1.82) is 0 Å². The van der Waals surface area contributed by atoms with Gasteiger partial charge in [-0.15, -0.1) is 0 Å². The van der Waals surface area contributed by atoms with Crippen LogP contribution in [0.4, 0.5) is 11.4 Å². The van der Waals surface area contributed by atoms with Crippen LogP contribution in [0.1, 0.15) is 27.2 Å². The molecule has 0 unspecified atom stereocenters. The van der Waals surface area contributed by atoms with E-state index >= 15 is 0 Å². The third kappa shape index (κ3) is 1.45. The molecule has 2 heteroatoms. The van der Waals surface area contributed by atoms with Crippen LogP contribution in [0.15, 0.2) is 24.3 Å². The van der Waals surface area contributed by atoms with Crippen LogP contribution in [-0.4, -0.2) is 6.17 Å². The molecule has 0 fully saturated rings. The number of rotatable bonds is 2. The summed E-state index contributed by atoms with van der Waals surface area (Å²) in [5.41, 5.74) is 2.72. The van der Waals surface area contributed by atoms with E-state index in [-0.39, 0.29) is 5.41 Å². The number of para-hydroxylation sites is 2. The van der Waals surface area contributed by atoms with Crippen molar-refractivity contribution in [3.05, 3.63) is 24.3 Å². The molecule has 1 aliphatic heterocycles. The van der Waals surface area contributed by atoms with Crippen molar-refractivity contribution < 1.29 is 0 Å². The maximum absolute atomic E-state index is 3.51. The molecule has 0 aromatic heterocycles. The Morgan fingerprint density at radius 1 is 1.14 bits per heavy atom. The highest BCUT2D eigenvalue weighted by Gasteiger charge is 2.31. The third-order valence-electron chi connectivity index (χ3n) is 3.22. The molecule has 1 aliphatic rings. The van der Waals surface area contributed by atoms with E-state index in [4.69, 9.17) is 0 Å². The smallest absolute Gasteiger partial charge is 0.102 e. The van der Waals surface area contributed by atoms with E-state index < -0.39 is 0 Å². The van der Waals surface area contributed by atoms with Gasteiger partial charge in [0.2, 0.25) is 0 Å². The maximum atomic E-state index is 3.51. The summed E-state index contributed by atoms with van der Waals surface area (Å²) in [5, 5.41) is 7.03. The van der Waals surface area contributed by atoms with Crippen LogP contribution >= 0.6 is 0 Å². The first-order chi connectivity index (χ1) is 6.63. The van der Waals surface area contributed by atoms with E-state index in [2.05, 4.69) is 55.7 Å². The van der Waals surface area contributed by atoms with Crippen molar-refractivity contribution in [3.63, 3.8) is 0 Å². The van der Waals surface area contributed by atoms with Crippen LogP contribution in [0.25, 0.3) is 0 Å². The quantitative estimate of drug-likeness (QED) is 0.747. The zero-order chi connectivity index (χ0) is 10.2. The van der Waals surface area contributed by atoms with E-state index in [9.17, 15) is 0 Å². The molecule has 0 saturated carbocycles. The zero-order valence-electron chi connectivity index (χ0n) is 9.09. The van der Waals surface area contributed by atoms with Crippen molar-refractivity contribution in [2.45, 2.75) is 33.4 Å². The SMILES string of the molecule is CCC(C)(C)C1Nc2ccccc2N1. The Balaban J connectivity index is 2.19. The van der Waals surface area contributed by atoms with E-state index in [1.165, 1.54) is 11.4 Å². The molecule has 2 N–H and O–H groups in total. The van der Waals surface area contributed by atoms with Crippen LogP contribution in [0, 0.1) is 5.41 Å². The Labute approximate surface area is 85.7 Å². The first kappa shape index (κ1) is 9.38. The van der Waals surface area contributed by atoms with Gasteiger partial charge in [-0.25, -0.2) is 0 Å². The summed E-state index contributed by atoms with van der Waals surface area (Å²) in [6, 6.07) is 8.37. The Morgan fingerprint density at radius 2 is 1.64 bits per heavy atom. The molecular weight excluding hydrogens is 172 g/mol. The average molecular weight is 190 g/mol. The van der Waals surface area contributed by atoms with Gasteiger partial charge in [0.15, 0.2) is 0 Å². The number of benzene rings is 1. The number of anilines is 2. The molecule has 0 atom stereocenters. The van der Waals surface area contributed by atoms with Gasteiger partial charge in [0.1, 0.15) is 6.17 Å². The summed E-state index contributed by atoms with van der Waals surface area (Å²) < 4.78 is 0. The van der Waals surface area contributed by atoms with Gasteiger partial charge in [-0.1, -0.05) is 32.9 Å². The minimum atomic E-state index is 0.277. The van der Waals surface area contributed by atoms with Crippen molar-refractivity contribution in [2.75, 3.05) is 10.6 Å². The van der Waals surface area contributed by atoms with Gasteiger partial charge in [-0.05, 0) is 18.6 Å². The van der Waals surface area contributed by atoms with Crippen LogP contribution < -0.4 is 10.6 Å². The number of nitrogens with one attached hydrogen (secondary N) is 2. The fraction of sp³-hybridized carbons (Fsp3) is 0.500. The van der Waals surface area contributed by atoms with Crippen LogP contribution in [0.5, 0.6) is 0 Å². The molecule has 2 rings (SSSR count). The molecule has 14 heavy (non-hydrogen) atoms. The van der Waals surface area contributed by atoms with Gasteiger partial charge in [-0.2, -0.15) is 0 Å². The number of hydrogen-bond acceptors (Lipinski definition) is 2. The van der Waals surface area contributed by atoms with E-state index in [0.29, 0.717) is 6.17 Å². The highest BCUT2D eigenvalue weighted by atomic mass is 15.2. The Kier molecular flexibility index (Phi) is 2.14. The summed E-state index contributed by atoms with van der Waals surface area (Å²) in [7, 11) is 0. The Bertz CT molecular complexity index is 306. The maximum Gasteiger partial charge on any atom is 0.102 e. The van der Waals surface area contributed by atoms with Gasteiger partial charge in [-0.3, -0.25) is 0 Å². The van der Waals surface area contributed by atoms with Crippen molar-refractivity contribution in [1.82, 2.24) is 0 Å². The lowest BCUT2D eigenvalue weighted by atomic mass is 9.87. The molecule has 0 amide bonds. The second-order valence-electron chi connectivity index (χ2n) is 4.61. The van der Waals surface area contributed by atoms with Gasteiger partial charge in [0.05, 0.1) is 11.4 Å². The van der Waals surface area contributed by atoms with Gasteiger partial charge in [0, 0.05) is 5.41 Å². The topological polar surface area (TPSA) is 24.1 Å². The Morgan fingerprint density at radius 3 is 2.07 bits per heavy atom. The average Bonchev–Trinajstić information content (AvgIpc) is 2.61. The molecule has 0 radical (unpaired) electrons. The molecule has 0 aliphatic carbocycles. The summed E-state index contributed by atoms with van der Waals surface area (Å²) in [6.07, 6.45) is 1.51. The number of hydrogen-bond donors (Lipinski definition) is 2. The largest absolute Gasteiger partial charge is 0.363 e. The monoisotopic (exact) mass is 190 g/mol. The van der Waals surface area contributed by atoms with E-state index in [0.717, 1.165) is 6.42 Å². The van der Waals surface area contributed by atoms with E-state index in [1.807, 2.05) is 0 Å². The van der Waals surface area contributed by atoms with Gasteiger partial charge in [0.25, 0.3) is 0 Å². The highest BCUT2D eigenvalue weighted by Crippen LogP contribution is 2.36. The second-order valence-corrected chi connectivity index (χ2v) is 4.61. The molecular formula is C12H18N2. The lowest BCUT2D eigenvalue weighted by Gasteiger charge is -2.30. The predicted molar refractivity (Wildman–Crippen MR) is 61.5 cm³/mol. The van der Waals surface area contributed by atoms with Crippen LogP contribution in [0.3, 0.4) is 0 Å². The summed E-state index contributed by atoms with van der Waals surface area (Å²) in [4.78, 5) is 0. The summed E-state index contributed by atoms with van der Waals surface area (Å²) in [6.45, 7) is 6.79. The summed E-state index contributed by atoms with van der Waals surface area (Å²) >= 11 is 0. The molecule has 76 valence electrons. The molecule has 0 bridgehead atoms. The lowest BCUT2D eigenvalue weighted by molar-refractivity contribution is 0.317. The number of fused-ring (bicyclic) bond motifs is 1. The first-order valence-electron chi connectivity index (χ1n) is 5.25. The predicted octanol–water partition coefficient (Wildman–Crippen LogP) is 3.29. The van der Waals surface area contributed by atoms with Crippen molar-refractivity contribution in [3.8, 4) is 0 Å². The first-order valence-corrected chi connectivity index (χ1v) is 5.25. The molecule has 0 spiro atoms. The molecule has 1 aromatic carbocycles. The minimum absolute atomic E-state index is 0.277. The molecule has 0 saturated heterocycles. The minimum Gasteiger partial charge on any atom is -0.363 e. The van der Waals surface area contributed by atoms with Gasteiger partial charge < -0.3 is 10.6 Å². The zero-order valence-corrected chi connectivity index (χ0v) is 9.09. The molecule has 1 aromatic rings. The molecule has 1 heterocycles. The van der Waals surface area contributed by atoms with Crippen LogP contribution in [-0.2, 0) is 0 Å². The van der Waals surface area contributed by atoms with Gasteiger partial charge >= 0.3 is 0 Å². The highest BCUT2D eigenvalue weighted by molar-refractivity contribution is 5.74. The summed E-state index contributed by atoms with van der Waals surface area (Å²) in [5.74, 6) is 0. The van der Waals surface area contributed by atoms with Crippen LogP contribution in [0.2, 0.25) is 0 Å². The third-order valence-corrected chi connectivity index (χ3v) is 3.22. The normalized spacial score (nSPS) is 15.9. The van der Waals surface area contributed by atoms with Crippen molar-refractivity contribution >= 4 is 11.4 Å². The standard InChI is InChI=1S/C12H18N2/c1-4-12(2,3)11-13-9-7-5-6-8-10(9)14-11/h5-8,11,13-14H,4H2,1-3H3. The molecule has 2 nitrogen and oxygen atoms in total. The Hall–Kier alpha value is -1.18.